The van der Waals surface area contributed by atoms with Gasteiger partial charge in [0.2, 0.25) is 0 Å². The van der Waals surface area contributed by atoms with Crippen molar-refractivity contribution >= 4 is 5.91 Å². The van der Waals surface area contributed by atoms with Crippen LogP contribution in [0.15, 0.2) is 40.8 Å². The second-order valence-electron chi connectivity index (χ2n) is 7.40. The van der Waals surface area contributed by atoms with Gasteiger partial charge in [-0.2, -0.15) is 0 Å². The zero-order valence-electron chi connectivity index (χ0n) is 16.3. The van der Waals surface area contributed by atoms with Crippen molar-refractivity contribution in [3.05, 3.63) is 59.3 Å². The fraction of sp³-hybridized carbons (Fsp3) is 0.476. The van der Waals surface area contributed by atoms with Crippen molar-refractivity contribution in [3.63, 3.8) is 0 Å². The average Bonchev–Trinajstić information content (AvgIpc) is 3.02. The largest absolute Gasteiger partial charge is 0.455 e. The molecule has 1 heterocycles. The van der Waals surface area contributed by atoms with E-state index < -0.39 is 0 Å². The summed E-state index contributed by atoms with van der Waals surface area (Å²) in [7, 11) is 0. The van der Waals surface area contributed by atoms with Crippen molar-refractivity contribution in [3.8, 4) is 0 Å². The third-order valence-corrected chi connectivity index (χ3v) is 4.61. The van der Waals surface area contributed by atoms with Gasteiger partial charge in [0.05, 0.1) is 6.54 Å². The molecule has 26 heavy (non-hydrogen) atoms. The molecule has 0 saturated carbocycles. The second kappa shape index (κ2) is 8.99. The molecule has 0 spiro atoms. The summed E-state index contributed by atoms with van der Waals surface area (Å²) in [4.78, 5) is 14.4. The maximum atomic E-state index is 13.4. The Morgan fingerprint density at radius 1 is 1.12 bits per heavy atom. The number of nitrogens with zero attached hydrogens (tertiary/aromatic N) is 1. The van der Waals surface area contributed by atoms with E-state index in [0.717, 1.165) is 11.3 Å². The van der Waals surface area contributed by atoms with Gasteiger partial charge in [0.15, 0.2) is 5.76 Å². The highest BCUT2D eigenvalue weighted by atomic mass is 19.1. The molecule has 1 aromatic heterocycles. The number of rotatable bonds is 8. The highest BCUT2D eigenvalue weighted by Gasteiger charge is 2.18. The summed E-state index contributed by atoms with van der Waals surface area (Å²) in [6.45, 7) is 11.4. The zero-order chi connectivity index (χ0) is 19.3. The molecule has 0 aliphatic carbocycles. The summed E-state index contributed by atoms with van der Waals surface area (Å²) >= 11 is 0. The Bertz CT molecular complexity index is 724. The molecule has 2 aromatic rings. The molecule has 1 unspecified atom stereocenters. The molecule has 2 rings (SSSR count). The van der Waals surface area contributed by atoms with Crippen LogP contribution in [0.25, 0.3) is 0 Å². The summed E-state index contributed by atoms with van der Waals surface area (Å²) < 4.78 is 19.2. The molecular formula is C21H29FN2O2. The fourth-order valence-corrected chi connectivity index (χ4v) is 2.52. The number of furan rings is 1. The monoisotopic (exact) mass is 360 g/mol. The molecule has 0 aliphatic rings. The Balaban J connectivity index is 2.03. The van der Waals surface area contributed by atoms with Crippen molar-refractivity contribution in [1.82, 2.24) is 10.2 Å². The fourth-order valence-electron chi connectivity index (χ4n) is 2.52. The first-order valence-corrected chi connectivity index (χ1v) is 9.14. The third kappa shape index (κ3) is 5.70. The van der Waals surface area contributed by atoms with Gasteiger partial charge < -0.3 is 9.73 Å². The minimum Gasteiger partial charge on any atom is -0.455 e. The summed E-state index contributed by atoms with van der Waals surface area (Å²) in [6.07, 6.45) is 0. The van der Waals surface area contributed by atoms with Gasteiger partial charge in [-0.3, -0.25) is 9.69 Å². The molecule has 0 radical (unpaired) electrons. The molecule has 142 valence electrons. The van der Waals surface area contributed by atoms with E-state index in [1.165, 1.54) is 6.07 Å². The Hall–Kier alpha value is -2.14. The number of carbonyl (C=O) groups excluding carboxylic acids is 1. The first-order valence-electron chi connectivity index (χ1n) is 9.14. The Kier molecular flexibility index (Phi) is 6.98. The summed E-state index contributed by atoms with van der Waals surface area (Å²) in [6, 6.07) is 10.5. The van der Waals surface area contributed by atoms with E-state index in [1.54, 1.807) is 18.2 Å². The molecule has 4 nitrogen and oxygen atoms in total. The number of halogens is 1. The van der Waals surface area contributed by atoms with Crippen molar-refractivity contribution in [2.45, 2.75) is 59.8 Å². The molecule has 0 saturated heterocycles. The van der Waals surface area contributed by atoms with E-state index in [4.69, 9.17) is 4.42 Å². The lowest BCUT2D eigenvalue weighted by molar-refractivity contribution is 0.0897. The van der Waals surface area contributed by atoms with Crippen LogP contribution in [-0.2, 0) is 13.1 Å². The van der Waals surface area contributed by atoms with Crippen LogP contribution in [-0.4, -0.2) is 22.9 Å². The van der Waals surface area contributed by atoms with Gasteiger partial charge in [-0.05, 0) is 56.5 Å². The third-order valence-electron chi connectivity index (χ3n) is 4.61. The van der Waals surface area contributed by atoms with Gasteiger partial charge >= 0.3 is 0 Å². The van der Waals surface area contributed by atoms with Crippen LogP contribution in [0.3, 0.4) is 0 Å². The van der Waals surface area contributed by atoms with Gasteiger partial charge in [-0.25, -0.2) is 4.39 Å². The topological polar surface area (TPSA) is 45.5 Å². The van der Waals surface area contributed by atoms with Crippen LogP contribution in [0.5, 0.6) is 0 Å². The van der Waals surface area contributed by atoms with E-state index in [-0.39, 0.29) is 23.8 Å². The first kappa shape index (κ1) is 20.2. The number of hydrogen-bond acceptors (Lipinski definition) is 3. The Morgan fingerprint density at radius 2 is 1.85 bits per heavy atom. The van der Waals surface area contributed by atoms with Gasteiger partial charge in [0.25, 0.3) is 5.91 Å². The highest BCUT2D eigenvalue weighted by Crippen LogP contribution is 2.16. The zero-order valence-corrected chi connectivity index (χ0v) is 16.3. The summed E-state index contributed by atoms with van der Waals surface area (Å²) in [5, 5.41) is 2.94. The van der Waals surface area contributed by atoms with Gasteiger partial charge in [0.1, 0.15) is 11.6 Å². The molecule has 0 aliphatic heterocycles. The first-order chi connectivity index (χ1) is 12.3. The van der Waals surface area contributed by atoms with Gasteiger partial charge in [0, 0.05) is 18.6 Å². The predicted octanol–water partition coefficient (Wildman–Crippen LogP) is 4.60. The number of nitrogens with one attached hydrogen (secondary N) is 1. The van der Waals surface area contributed by atoms with Crippen LogP contribution in [0.2, 0.25) is 0 Å². The van der Waals surface area contributed by atoms with E-state index in [9.17, 15) is 9.18 Å². The highest BCUT2D eigenvalue weighted by molar-refractivity contribution is 5.91. The minimum absolute atomic E-state index is 0.0798. The lowest BCUT2D eigenvalue weighted by atomic mass is 10.1. The quantitative estimate of drug-likeness (QED) is 0.748. The number of hydrogen-bond donors (Lipinski definition) is 1. The molecule has 5 heteroatoms. The van der Waals surface area contributed by atoms with E-state index in [1.807, 2.05) is 19.1 Å². The van der Waals surface area contributed by atoms with Crippen molar-refractivity contribution in [2.75, 3.05) is 0 Å². The molecule has 1 atom stereocenters. The standard InChI is InChI=1S/C21H29FN2O2/c1-14(2)16(5)23-21(25)20-10-9-19(26-20)13-24(15(3)4)12-17-7-6-8-18(22)11-17/h6-11,14-16H,12-13H2,1-5H3,(H,23,25). The van der Waals surface area contributed by atoms with E-state index >= 15 is 0 Å². The molecular weight excluding hydrogens is 331 g/mol. The summed E-state index contributed by atoms with van der Waals surface area (Å²) in [5.41, 5.74) is 0.911. The van der Waals surface area contributed by atoms with Gasteiger partial charge in [-0.15, -0.1) is 0 Å². The van der Waals surface area contributed by atoms with Crippen LogP contribution < -0.4 is 5.32 Å². The van der Waals surface area contributed by atoms with Crippen LogP contribution in [0, 0.1) is 11.7 Å². The maximum Gasteiger partial charge on any atom is 0.287 e. The Morgan fingerprint density at radius 3 is 2.46 bits per heavy atom. The Labute approximate surface area is 155 Å². The molecule has 0 fully saturated rings. The van der Waals surface area contributed by atoms with Crippen molar-refractivity contribution < 1.29 is 13.6 Å². The van der Waals surface area contributed by atoms with E-state index in [0.29, 0.717) is 24.8 Å². The normalized spacial score (nSPS) is 12.8. The minimum atomic E-state index is -0.234. The average molecular weight is 360 g/mol. The van der Waals surface area contributed by atoms with Crippen molar-refractivity contribution in [2.24, 2.45) is 5.92 Å². The molecule has 1 amide bonds. The molecule has 1 aromatic carbocycles. The van der Waals surface area contributed by atoms with Crippen LogP contribution >= 0.6 is 0 Å². The number of amides is 1. The summed E-state index contributed by atoms with van der Waals surface area (Å²) in [5.74, 6) is 0.969. The van der Waals surface area contributed by atoms with Crippen molar-refractivity contribution in [1.29, 1.82) is 0 Å². The lowest BCUT2D eigenvalue weighted by Gasteiger charge is -2.25. The van der Waals surface area contributed by atoms with Gasteiger partial charge in [-0.1, -0.05) is 26.0 Å². The molecule has 0 bridgehead atoms. The van der Waals surface area contributed by atoms with E-state index in [2.05, 4.69) is 37.9 Å². The lowest BCUT2D eigenvalue weighted by Crippen LogP contribution is -2.35. The molecule has 1 N–H and O–H groups in total. The predicted molar refractivity (Wildman–Crippen MR) is 101 cm³/mol. The van der Waals surface area contributed by atoms with Crippen LogP contribution in [0.1, 0.15) is 56.5 Å². The SMILES string of the molecule is CC(C)C(C)NC(=O)c1ccc(CN(Cc2cccc(F)c2)C(C)C)o1. The van der Waals surface area contributed by atoms with Crippen LogP contribution in [0.4, 0.5) is 4.39 Å². The maximum absolute atomic E-state index is 13.4. The number of carbonyl (C=O) groups is 1. The smallest absolute Gasteiger partial charge is 0.287 e. The number of benzene rings is 1. The second-order valence-corrected chi connectivity index (χ2v) is 7.40.